The fourth-order valence-corrected chi connectivity index (χ4v) is 4.27. The number of morpholine rings is 1. The molecule has 0 radical (unpaired) electrons. The fourth-order valence-electron chi connectivity index (χ4n) is 2.81. The van der Waals surface area contributed by atoms with Crippen LogP contribution in [-0.4, -0.2) is 51.4 Å². The zero-order valence-electron chi connectivity index (χ0n) is 14.6. The van der Waals surface area contributed by atoms with Gasteiger partial charge in [0, 0.05) is 24.3 Å². The number of nitrogens with one attached hydrogen (secondary N) is 1. The Morgan fingerprint density at radius 2 is 1.85 bits per heavy atom. The van der Waals surface area contributed by atoms with E-state index in [4.69, 9.17) is 4.74 Å². The van der Waals surface area contributed by atoms with Crippen molar-refractivity contribution in [2.24, 2.45) is 0 Å². The van der Waals surface area contributed by atoms with Gasteiger partial charge >= 0.3 is 0 Å². The third-order valence-electron chi connectivity index (χ3n) is 4.35. The normalized spacial score (nSPS) is 15.6. The lowest BCUT2D eigenvalue weighted by atomic mass is 10.1. The predicted molar refractivity (Wildman–Crippen MR) is 100 cm³/mol. The molecule has 7 heteroatoms. The number of ether oxygens (including phenoxy) is 1. The zero-order chi connectivity index (χ0) is 18.6. The van der Waals surface area contributed by atoms with Crippen molar-refractivity contribution in [1.82, 2.24) is 4.31 Å². The number of carbonyl (C=O) groups is 1. The maximum atomic E-state index is 12.7. The second kappa shape index (κ2) is 7.99. The molecule has 0 aliphatic carbocycles. The monoisotopic (exact) mass is 374 g/mol. The molecule has 0 aromatic heterocycles. The number of nitrogens with zero attached hydrogens (tertiary/aromatic N) is 1. The van der Waals surface area contributed by atoms with Gasteiger partial charge in [-0.25, -0.2) is 8.42 Å². The number of hydrogen-bond acceptors (Lipinski definition) is 5. The minimum Gasteiger partial charge on any atom is -0.379 e. The van der Waals surface area contributed by atoms with Gasteiger partial charge in [0.2, 0.25) is 10.0 Å². The van der Waals surface area contributed by atoms with Crippen molar-refractivity contribution in [3.63, 3.8) is 0 Å². The Kier molecular flexibility index (Phi) is 5.70. The topological polar surface area (TPSA) is 75.7 Å². The van der Waals surface area contributed by atoms with Crippen LogP contribution in [0, 0.1) is 6.92 Å². The molecule has 26 heavy (non-hydrogen) atoms. The lowest BCUT2D eigenvalue weighted by Crippen LogP contribution is -2.40. The molecule has 138 valence electrons. The van der Waals surface area contributed by atoms with Crippen LogP contribution < -0.4 is 5.32 Å². The van der Waals surface area contributed by atoms with Gasteiger partial charge in [0.15, 0.2) is 5.78 Å². The third kappa shape index (κ3) is 4.12. The Hall–Kier alpha value is -2.22. The highest BCUT2D eigenvalue weighted by molar-refractivity contribution is 7.89. The van der Waals surface area contributed by atoms with Crippen LogP contribution in [0.5, 0.6) is 0 Å². The van der Waals surface area contributed by atoms with Gasteiger partial charge < -0.3 is 10.1 Å². The van der Waals surface area contributed by atoms with E-state index in [1.807, 2.05) is 31.2 Å². The summed E-state index contributed by atoms with van der Waals surface area (Å²) in [4.78, 5) is 12.6. The van der Waals surface area contributed by atoms with E-state index in [1.54, 1.807) is 12.1 Å². The van der Waals surface area contributed by atoms with Gasteiger partial charge in [-0.05, 0) is 30.7 Å². The molecule has 1 N–H and O–H groups in total. The fraction of sp³-hybridized carbons (Fsp3) is 0.316. The molecule has 0 spiro atoms. The van der Waals surface area contributed by atoms with Crippen molar-refractivity contribution in [3.05, 3.63) is 59.7 Å². The van der Waals surface area contributed by atoms with Gasteiger partial charge in [0.05, 0.1) is 24.7 Å². The van der Waals surface area contributed by atoms with Gasteiger partial charge in [-0.15, -0.1) is 0 Å². The predicted octanol–water partition coefficient (Wildman–Crippen LogP) is 2.31. The smallest absolute Gasteiger partial charge is 0.243 e. The van der Waals surface area contributed by atoms with E-state index in [2.05, 4.69) is 5.32 Å². The quantitative estimate of drug-likeness (QED) is 0.786. The number of para-hydroxylation sites is 1. The summed E-state index contributed by atoms with van der Waals surface area (Å²) >= 11 is 0. The number of hydrogen-bond donors (Lipinski definition) is 1. The van der Waals surface area contributed by atoms with E-state index in [9.17, 15) is 13.2 Å². The second-order valence-electron chi connectivity index (χ2n) is 6.14. The number of carbonyl (C=O) groups excluding carboxylic acids is 1. The first-order valence-corrected chi connectivity index (χ1v) is 9.93. The molecule has 2 aromatic rings. The molecule has 1 aliphatic rings. The summed E-state index contributed by atoms with van der Waals surface area (Å²) in [7, 11) is -3.61. The Morgan fingerprint density at radius 1 is 1.12 bits per heavy atom. The molecule has 2 aromatic carbocycles. The molecule has 1 saturated heterocycles. The number of anilines is 1. The molecule has 1 fully saturated rings. The molecule has 6 nitrogen and oxygen atoms in total. The second-order valence-corrected chi connectivity index (χ2v) is 8.07. The van der Waals surface area contributed by atoms with E-state index in [0.29, 0.717) is 31.9 Å². The van der Waals surface area contributed by atoms with Crippen LogP contribution in [0.15, 0.2) is 53.4 Å². The minimum atomic E-state index is -3.61. The Bertz CT molecular complexity index is 890. The molecular formula is C19H22N2O4S. The SMILES string of the molecule is Cc1ccccc1NCC(=O)c1cccc(S(=O)(=O)N2CCOCC2)c1. The first kappa shape index (κ1) is 18.6. The van der Waals surface area contributed by atoms with Crippen LogP contribution in [0.25, 0.3) is 0 Å². The van der Waals surface area contributed by atoms with Crippen molar-refractivity contribution >= 4 is 21.5 Å². The maximum Gasteiger partial charge on any atom is 0.243 e. The standard InChI is InChI=1S/C19H22N2O4S/c1-15-5-2-3-8-18(15)20-14-19(22)16-6-4-7-17(13-16)26(23,24)21-9-11-25-12-10-21/h2-8,13,20H,9-12,14H2,1H3. The van der Waals surface area contributed by atoms with Gasteiger partial charge in [0.25, 0.3) is 0 Å². The summed E-state index contributed by atoms with van der Waals surface area (Å²) in [6, 6.07) is 13.9. The number of sulfonamides is 1. The van der Waals surface area contributed by atoms with Crippen molar-refractivity contribution in [2.75, 3.05) is 38.2 Å². The Labute approximate surface area is 153 Å². The van der Waals surface area contributed by atoms with Crippen LogP contribution in [0.2, 0.25) is 0 Å². The maximum absolute atomic E-state index is 12.7. The van der Waals surface area contributed by atoms with Gasteiger partial charge in [-0.2, -0.15) is 4.31 Å². The van der Waals surface area contributed by atoms with Gasteiger partial charge in [-0.3, -0.25) is 4.79 Å². The first-order valence-electron chi connectivity index (χ1n) is 8.49. The highest BCUT2D eigenvalue weighted by Crippen LogP contribution is 2.19. The summed E-state index contributed by atoms with van der Waals surface area (Å²) in [6.45, 7) is 3.50. The highest BCUT2D eigenvalue weighted by atomic mass is 32.2. The molecule has 3 rings (SSSR count). The summed E-state index contributed by atoms with van der Waals surface area (Å²) < 4.78 is 32.1. The van der Waals surface area contributed by atoms with E-state index >= 15 is 0 Å². The van der Waals surface area contributed by atoms with Crippen molar-refractivity contribution in [2.45, 2.75) is 11.8 Å². The van der Waals surface area contributed by atoms with E-state index in [0.717, 1.165) is 11.3 Å². The molecule has 0 amide bonds. The summed E-state index contributed by atoms with van der Waals surface area (Å²) in [5.74, 6) is -0.160. The average molecular weight is 374 g/mol. The molecule has 1 aliphatic heterocycles. The Balaban J connectivity index is 1.74. The number of ketones is 1. The van der Waals surface area contributed by atoms with E-state index in [-0.39, 0.29) is 17.2 Å². The molecular weight excluding hydrogens is 352 g/mol. The Morgan fingerprint density at radius 3 is 2.58 bits per heavy atom. The largest absolute Gasteiger partial charge is 0.379 e. The summed E-state index contributed by atoms with van der Waals surface area (Å²) in [5.41, 5.74) is 2.31. The molecule has 0 atom stereocenters. The zero-order valence-corrected chi connectivity index (χ0v) is 15.5. The van der Waals surface area contributed by atoms with Crippen molar-refractivity contribution in [3.8, 4) is 0 Å². The molecule has 0 bridgehead atoms. The average Bonchev–Trinajstić information content (AvgIpc) is 2.68. The van der Waals surface area contributed by atoms with Crippen molar-refractivity contribution in [1.29, 1.82) is 0 Å². The minimum absolute atomic E-state index is 0.103. The summed E-state index contributed by atoms with van der Waals surface area (Å²) in [5, 5.41) is 3.11. The molecule has 0 unspecified atom stereocenters. The lowest BCUT2D eigenvalue weighted by molar-refractivity contribution is 0.0730. The van der Waals surface area contributed by atoms with Crippen LogP contribution in [-0.2, 0) is 14.8 Å². The number of rotatable bonds is 6. The highest BCUT2D eigenvalue weighted by Gasteiger charge is 2.26. The van der Waals surface area contributed by atoms with Gasteiger partial charge in [0.1, 0.15) is 0 Å². The molecule has 0 saturated carbocycles. The first-order chi connectivity index (χ1) is 12.5. The number of aryl methyl sites for hydroxylation is 1. The third-order valence-corrected chi connectivity index (χ3v) is 6.24. The summed E-state index contributed by atoms with van der Waals surface area (Å²) in [6.07, 6.45) is 0. The molecule has 1 heterocycles. The van der Waals surface area contributed by atoms with E-state index < -0.39 is 10.0 Å². The van der Waals surface area contributed by atoms with E-state index in [1.165, 1.54) is 16.4 Å². The van der Waals surface area contributed by atoms with Gasteiger partial charge in [-0.1, -0.05) is 30.3 Å². The van der Waals surface area contributed by atoms with Crippen LogP contribution >= 0.6 is 0 Å². The van der Waals surface area contributed by atoms with Crippen LogP contribution in [0.4, 0.5) is 5.69 Å². The number of benzene rings is 2. The lowest BCUT2D eigenvalue weighted by Gasteiger charge is -2.26. The van der Waals surface area contributed by atoms with Crippen LogP contribution in [0.1, 0.15) is 15.9 Å². The number of Topliss-reactive ketones (excluding diaryl/α,β-unsaturated/α-hetero) is 1. The van der Waals surface area contributed by atoms with Crippen molar-refractivity contribution < 1.29 is 17.9 Å². The van der Waals surface area contributed by atoms with Crippen LogP contribution in [0.3, 0.4) is 0 Å².